The first-order valence-corrected chi connectivity index (χ1v) is 12.2. The number of rotatable bonds is 4. The van der Waals surface area contributed by atoms with Crippen molar-refractivity contribution < 1.29 is 9.90 Å². The molecule has 0 saturated heterocycles. The molecule has 0 radical (unpaired) electrons. The highest BCUT2D eigenvalue weighted by Gasteiger charge is 2.53. The third-order valence-corrected chi connectivity index (χ3v) is 9.03. The topological polar surface area (TPSA) is 37.3 Å². The normalized spacial score (nSPS) is 32.8. The standard InChI is InChI=1S/C28H40O2/c1-16(2)17(3)7-8-18(4)24-11-12-25-23-13-20-9-10-21(29)14-22(20)19(5)27(23)26(30)15-28(24,25)6/h7-8,13,16-18,21,24-25,29H,9-12,14-15H2,1-6H3. The number of carbonyl (C=O) groups is 1. The first-order valence-electron chi connectivity index (χ1n) is 12.2. The summed E-state index contributed by atoms with van der Waals surface area (Å²) in [5, 5.41) is 10.2. The van der Waals surface area contributed by atoms with Crippen molar-refractivity contribution in [2.24, 2.45) is 29.1 Å². The second-order valence-electron chi connectivity index (χ2n) is 11.2. The SMILES string of the molecule is Cc1c2c(cc3c1C(=O)CC1(C)C3CCC1C(C)C=CC(C)C(C)C)CCC(O)C2. The zero-order valence-corrected chi connectivity index (χ0v) is 19.8. The van der Waals surface area contributed by atoms with Crippen molar-refractivity contribution in [3.63, 3.8) is 0 Å². The Hall–Kier alpha value is -1.41. The van der Waals surface area contributed by atoms with Gasteiger partial charge in [0.05, 0.1) is 6.10 Å². The van der Waals surface area contributed by atoms with Crippen molar-refractivity contribution in [2.45, 2.75) is 92.1 Å². The van der Waals surface area contributed by atoms with Crippen LogP contribution in [0.15, 0.2) is 18.2 Å². The molecule has 1 saturated carbocycles. The molecular formula is C28H40O2. The van der Waals surface area contributed by atoms with Gasteiger partial charge < -0.3 is 5.11 Å². The van der Waals surface area contributed by atoms with E-state index >= 15 is 0 Å². The quantitative estimate of drug-likeness (QED) is 0.584. The van der Waals surface area contributed by atoms with E-state index < -0.39 is 0 Å². The van der Waals surface area contributed by atoms with Gasteiger partial charge in [-0.15, -0.1) is 0 Å². The number of benzene rings is 1. The lowest BCUT2D eigenvalue weighted by Crippen LogP contribution is -2.38. The van der Waals surface area contributed by atoms with Gasteiger partial charge in [-0.25, -0.2) is 0 Å². The maximum Gasteiger partial charge on any atom is 0.164 e. The summed E-state index contributed by atoms with van der Waals surface area (Å²) in [7, 11) is 0. The molecule has 0 heterocycles. The van der Waals surface area contributed by atoms with Gasteiger partial charge in [-0.3, -0.25) is 4.79 Å². The van der Waals surface area contributed by atoms with Crippen molar-refractivity contribution in [3.8, 4) is 0 Å². The maximum absolute atomic E-state index is 13.5. The number of aliphatic hydroxyl groups is 1. The molecule has 6 atom stereocenters. The van der Waals surface area contributed by atoms with Gasteiger partial charge in [-0.2, -0.15) is 0 Å². The van der Waals surface area contributed by atoms with Gasteiger partial charge in [-0.1, -0.05) is 52.8 Å². The Bertz CT molecular complexity index is 864. The number of fused-ring (bicyclic) bond motifs is 4. The number of allylic oxidation sites excluding steroid dienone is 2. The first-order chi connectivity index (χ1) is 14.1. The molecule has 0 aliphatic heterocycles. The van der Waals surface area contributed by atoms with Gasteiger partial charge in [0.2, 0.25) is 0 Å². The molecule has 1 aromatic rings. The molecule has 164 valence electrons. The minimum atomic E-state index is -0.255. The molecule has 1 N–H and O–H groups in total. The van der Waals surface area contributed by atoms with Crippen molar-refractivity contribution in [3.05, 3.63) is 46.0 Å². The average molecular weight is 409 g/mol. The van der Waals surface area contributed by atoms with E-state index in [1.54, 1.807) is 0 Å². The molecule has 0 spiro atoms. The van der Waals surface area contributed by atoms with Crippen LogP contribution in [0, 0.1) is 36.0 Å². The maximum atomic E-state index is 13.5. The second-order valence-corrected chi connectivity index (χ2v) is 11.2. The van der Waals surface area contributed by atoms with Gasteiger partial charge >= 0.3 is 0 Å². The van der Waals surface area contributed by atoms with Crippen LogP contribution < -0.4 is 0 Å². The van der Waals surface area contributed by atoms with Crippen LogP contribution in [0.2, 0.25) is 0 Å². The first kappa shape index (κ1) is 21.8. The van der Waals surface area contributed by atoms with E-state index in [1.807, 2.05) is 0 Å². The summed E-state index contributed by atoms with van der Waals surface area (Å²) in [6, 6.07) is 2.37. The van der Waals surface area contributed by atoms with Crippen LogP contribution in [-0.4, -0.2) is 17.0 Å². The Kier molecular flexibility index (Phi) is 5.77. The molecule has 2 heteroatoms. The number of Topliss-reactive ketones (excluding diaryl/α,β-unsaturated/α-hetero) is 1. The molecule has 2 nitrogen and oxygen atoms in total. The van der Waals surface area contributed by atoms with E-state index in [4.69, 9.17) is 0 Å². The summed E-state index contributed by atoms with van der Waals surface area (Å²) in [5.41, 5.74) is 6.19. The van der Waals surface area contributed by atoms with E-state index in [0.717, 1.165) is 24.0 Å². The minimum Gasteiger partial charge on any atom is -0.393 e. The van der Waals surface area contributed by atoms with Gasteiger partial charge in [0, 0.05) is 12.0 Å². The second kappa shape index (κ2) is 7.93. The third-order valence-electron chi connectivity index (χ3n) is 9.03. The van der Waals surface area contributed by atoms with Crippen LogP contribution in [0.5, 0.6) is 0 Å². The summed E-state index contributed by atoms with van der Waals surface area (Å²) in [6.07, 6.45) is 10.2. The molecule has 3 aliphatic carbocycles. The zero-order valence-electron chi connectivity index (χ0n) is 19.8. The highest BCUT2D eigenvalue weighted by Crippen LogP contribution is 2.61. The Morgan fingerprint density at radius 3 is 2.57 bits per heavy atom. The van der Waals surface area contributed by atoms with Crippen LogP contribution in [-0.2, 0) is 12.8 Å². The molecule has 4 rings (SSSR count). The Morgan fingerprint density at radius 2 is 1.87 bits per heavy atom. The van der Waals surface area contributed by atoms with Gasteiger partial charge in [0.25, 0.3) is 0 Å². The van der Waals surface area contributed by atoms with Crippen LogP contribution >= 0.6 is 0 Å². The monoisotopic (exact) mass is 408 g/mol. The van der Waals surface area contributed by atoms with Crippen LogP contribution in [0.3, 0.4) is 0 Å². The number of aryl methyl sites for hydroxylation is 1. The van der Waals surface area contributed by atoms with Crippen molar-refractivity contribution in [1.29, 1.82) is 0 Å². The fourth-order valence-electron chi connectivity index (χ4n) is 6.80. The summed E-state index contributed by atoms with van der Waals surface area (Å²) in [6.45, 7) is 13.8. The predicted molar refractivity (Wildman–Crippen MR) is 124 cm³/mol. The van der Waals surface area contributed by atoms with Crippen LogP contribution in [0.25, 0.3) is 0 Å². The number of hydrogen-bond acceptors (Lipinski definition) is 2. The van der Waals surface area contributed by atoms with Gasteiger partial charge in [0.15, 0.2) is 5.78 Å². The lowest BCUT2D eigenvalue weighted by atomic mass is 9.59. The fourth-order valence-corrected chi connectivity index (χ4v) is 6.80. The lowest BCUT2D eigenvalue weighted by Gasteiger charge is -2.44. The number of ketones is 1. The highest BCUT2D eigenvalue weighted by molar-refractivity contribution is 6.01. The van der Waals surface area contributed by atoms with Crippen molar-refractivity contribution in [1.82, 2.24) is 0 Å². The smallest absolute Gasteiger partial charge is 0.164 e. The number of hydrogen-bond donors (Lipinski definition) is 1. The van der Waals surface area contributed by atoms with Crippen LogP contribution in [0.1, 0.15) is 98.8 Å². The van der Waals surface area contributed by atoms with E-state index in [2.05, 4.69) is 59.8 Å². The van der Waals surface area contributed by atoms with Gasteiger partial charge in [0.1, 0.15) is 0 Å². The molecule has 1 aromatic carbocycles. The van der Waals surface area contributed by atoms with Crippen molar-refractivity contribution >= 4 is 5.78 Å². The minimum absolute atomic E-state index is 0.0593. The van der Waals surface area contributed by atoms with E-state index in [9.17, 15) is 9.90 Å². The average Bonchev–Trinajstić information content (AvgIpc) is 3.03. The number of aliphatic hydroxyl groups excluding tert-OH is 1. The molecular weight excluding hydrogens is 368 g/mol. The molecule has 6 unspecified atom stereocenters. The summed E-state index contributed by atoms with van der Waals surface area (Å²) in [4.78, 5) is 13.5. The summed E-state index contributed by atoms with van der Waals surface area (Å²) >= 11 is 0. The molecule has 0 amide bonds. The van der Waals surface area contributed by atoms with Crippen molar-refractivity contribution in [2.75, 3.05) is 0 Å². The predicted octanol–water partition coefficient (Wildman–Crippen LogP) is 6.42. The van der Waals surface area contributed by atoms with E-state index in [0.29, 0.717) is 48.2 Å². The largest absolute Gasteiger partial charge is 0.393 e. The summed E-state index contributed by atoms with van der Waals surface area (Å²) < 4.78 is 0. The highest BCUT2D eigenvalue weighted by atomic mass is 16.3. The number of carbonyl (C=O) groups excluding carboxylic acids is 1. The van der Waals surface area contributed by atoms with E-state index in [1.165, 1.54) is 29.5 Å². The summed E-state index contributed by atoms with van der Waals surface area (Å²) in [5.74, 6) is 3.15. The third kappa shape index (κ3) is 3.49. The van der Waals surface area contributed by atoms with Gasteiger partial charge in [-0.05, 0) is 96.3 Å². The van der Waals surface area contributed by atoms with E-state index in [-0.39, 0.29) is 11.5 Å². The molecule has 0 aromatic heterocycles. The molecule has 0 bridgehead atoms. The van der Waals surface area contributed by atoms with Crippen LogP contribution in [0.4, 0.5) is 0 Å². The zero-order chi connectivity index (χ0) is 21.8. The molecule has 1 fully saturated rings. The molecule has 30 heavy (non-hydrogen) atoms. The Labute approximate surface area is 183 Å². The molecule has 3 aliphatic rings. The Morgan fingerprint density at radius 1 is 1.13 bits per heavy atom. The fraction of sp³-hybridized carbons (Fsp3) is 0.679. The Balaban J connectivity index is 1.68. The lowest BCUT2D eigenvalue weighted by molar-refractivity contribution is 0.0787.